The molecule has 0 aliphatic heterocycles. The van der Waals surface area contributed by atoms with Crippen LogP contribution in [0, 0.1) is 5.92 Å². The van der Waals surface area contributed by atoms with Crippen LogP contribution in [0.4, 0.5) is 0 Å². The quantitative estimate of drug-likeness (QED) is 0.215. The minimum atomic E-state index is -1.50. The summed E-state index contributed by atoms with van der Waals surface area (Å²) in [5, 5.41) is 25.8. The van der Waals surface area contributed by atoms with Crippen LogP contribution in [0.3, 0.4) is 0 Å². The van der Waals surface area contributed by atoms with Gasteiger partial charge in [0.15, 0.2) is 6.04 Å². The van der Waals surface area contributed by atoms with Crippen molar-refractivity contribution < 1.29 is 29.4 Å². The first-order valence-corrected chi connectivity index (χ1v) is 10.9. The Bertz CT molecular complexity index is 575. The maximum absolute atomic E-state index is 12.7. The second-order valence-corrected chi connectivity index (χ2v) is 8.04. The third-order valence-corrected chi connectivity index (χ3v) is 5.21. The first-order valence-electron chi connectivity index (χ1n) is 9.52. The van der Waals surface area contributed by atoms with E-state index in [0.717, 1.165) is 0 Å². The number of amides is 3. The molecule has 0 saturated heterocycles. The lowest BCUT2D eigenvalue weighted by Gasteiger charge is -2.27. The fraction of sp³-hybridized carbons (Fsp3) is 0.778. The van der Waals surface area contributed by atoms with Gasteiger partial charge in [-0.3, -0.25) is 14.4 Å². The van der Waals surface area contributed by atoms with E-state index >= 15 is 0 Å². The van der Waals surface area contributed by atoms with Crippen molar-refractivity contribution in [3.63, 3.8) is 0 Å². The molecule has 6 atom stereocenters. The Balaban J connectivity index is 5.07. The molecule has 0 radical (unpaired) electrons. The van der Waals surface area contributed by atoms with Gasteiger partial charge in [-0.15, -0.1) is 0 Å². The molecule has 6 unspecified atom stereocenters. The first kappa shape index (κ1) is 27.1. The molecule has 0 fully saturated rings. The molecule has 0 heterocycles. The average molecular weight is 435 g/mol. The number of nitrogens with one attached hydrogen (secondary N) is 3. The van der Waals surface area contributed by atoms with E-state index in [4.69, 9.17) is 10.8 Å². The van der Waals surface area contributed by atoms with Gasteiger partial charge < -0.3 is 31.9 Å². The molecule has 7 N–H and O–H groups in total. The number of carbonyl (C=O) groups is 4. The van der Waals surface area contributed by atoms with E-state index in [9.17, 15) is 24.3 Å². The standard InChI is InChI=1S/C18H34N4O6S/c1-6-9(2)13(21-16(25)12(19)7-8-29-5)17(26)20-10(3)15(24)22-14(11(4)23)18(27)28/h9-14,23H,6-8,19H2,1-5H3,(H,20,26)(H,21,25)(H,22,24)(H,27,28). The van der Waals surface area contributed by atoms with E-state index in [-0.39, 0.29) is 5.92 Å². The fourth-order valence-electron chi connectivity index (χ4n) is 2.37. The predicted octanol–water partition coefficient (Wildman–Crippen LogP) is -0.947. The van der Waals surface area contributed by atoms with E-state index in [1.165, 1.54) is 13.8 Å². The van der Waals surface area contributed by atoms with Gasteiger partial charge in [0.2, 0.25) is 17.7 Å². The van der Waals surface area contributed by atoms with Crippen molar-refractivity contribution in [2.45, 2.75) is 70.8 Å². The molecule has 0 bridgehead atoms. The number of aliphatic hydroxyl groups excluding tert-OH is 1. The molecule has 168 valence electrons. The Kier molecular flexibility index (Phi) is 12.5. The first-order chi connectivity index (χ1) is 13.5. The molecule has 0 spiro atoms. The Hall–Kier alpha value is -1.85. The summed E-state index contributed by atoms with van der Waals surface area (Å²) in [6.45, 7) is 6.27. The monoisotopic (exact) mass is 434 g/mol. The number of carboxylic acid groups (broad SMARTS) is 1. The molecule has 0 aromatic heterocycles. The number of hydrogen-bond donors (Lipinski definition) is 6. The SMILES string of the molecule is CCC(C)C(NC(=O)C(N)CCSC)C(=O)NC(C)C(=O)NC(C(=O)O)C(C)O. The summed E-state index contributed by atoms with van der Waals surface area (Å²) in [6.07, 6.45) is 1.66. The molecule has 0 aliphatic carbocycles. The third-order valence-electron chi connectivity index (χ3n) is 4.56. The van der Waals surface area contributed by atoms with Gasteiger partial charge in [0.05, 0.1) is 12.1 Å². The van der Waals surface area contributed by atoms with Gasteiger partial charge in [-0.2, -0.15) is 11.8 Å². The Morgan fingerprint density at radius 2 is 1.52 bits per heavy atom. The molecule has 11 heteroatoms. The van der Waals surface area contributed by atoms with Gasteiger partial charge in [0, 0.05) is 0 Å². The minimum absolute atomic E-state index is 0.216. The summed E-state index contributed by atoms with van der Waals surface area (Å²) in [4.78, 5) is 48.3. The number of carbonyl (C=O) groups excluding carboxylic acids is 3. The maximum Gasteiger partial charge on any atom is 0.328 e. The minimum Gasteiger partial charge on any atom is -0.480 e. The number of carboxylic acids is 1. The molecule has 0 saturated carbocycles. The largest absolute Gasteiger partial charge is 0.480 e. The van der Waals surface area contributed by atoms with Crippen LogP contribution in [-0.4, -0.2) is 76.2 Å². The summed E-state index contributed by atoms with van der Waals surface area (Å²) in [5.74, 6) is -2.69. The molecule has 0 aromatic carbocycles. The zero-order chi connectivity index (χ0) is 22.7. The molecule has 10 nitrogen and oxygen atoms in total. The topological polar surface area (TPSA) is 171 Å². The maximum atomic E-state index is 12.7. The second kappa shape index (κ2) is 13.4. The van der Waals surface area contributed by atoms with Gasteiger partial charge >= 0.3 is 5.97 Å². The van der Waals surface area contributed by atoms with Crippen LogP contribution in [0.1, 0.15) is 40.5 Å². The van der Waals surface area contributed by atoms with Crippen molar-refractivity contribution >= 4 is 35.5 Å². The van der Waals surface area contributed by atoms with Crippen molar-refractivity contribution in [3.8, 4) is 0 Å². The zero-order valence-electron chi connectivity index (χ0n) is 17.6. The Morgan fingerprint density at radius 3 is 1.97 bits per heavy atom. The molecule has 0 aromatic rings. The van der Waals surface area contributed by atoms with Crippen LogP contribution in [-0.2, 0) is 19.2 Å². The highest BCUT2D eigenvalue weighted by Gasteiger charge is 2.31. The van der Waals surface area contributed by atoms with Crippen LogP contribution < -0.4 is 21.7 Å². The third kappa shape index (κ3) is 9.46. The van der Waals surface area contributed by atoms with Crippen molar-refractivity contribution in [2.24, 2.45) is 11.7 Å². The second-order valence-electron chi connectivity index (χ2n) is 7.06. The van der Waals surface area contributed by atoms with Crippen LogP contribution in [0.25, 0.3) is 0 Å². The number of aliphatic carboxylic acids is 1. The fourth-order valence-corrected chi connectivity index (χ4v) is 2.86. The number of rotatable bonds is 13. The lowest BCUT2D eigenvalue weighted by molar-refractivity contribution is -0.145. The summed E-state index contributed by atoms with van der Waals surface area (Å²) < 4.78 is 0. The molecule has 0 aliphatic rings. The van der Waals surface area contributed by atoms with Crippen LogP contribution in [0.15, 0.2) is 0 Å². The average Bonchev–Trinajstić information content (AvgIpc) is 2.66. The highest BCUT2D eigenvalue weighted by molar-refractivity contribution is 7.98. The smallest absolute Gasteiger partial charge is 0.328 e. The summed E-state index contributed by atoms with van der Waals surface area (Å²) in [6, 6.07) is -4.21. The van der Waals surface area contributed by atoms with E-state index < -0.39 is 54.0 Å². The predicted molar refractivity (Wildman–Crippen MR) is 111 cm³/mol. The van der Waals surface area contributed by atoms with Crippen molar-refractivity contribution in [1.82, 2.24) is 16.0 Å². The van der Waals surface area contributed by atoms with Crippen LogP contribution in [0.5, 0.6) is 0 Å². The van der Waals surface area contributed by atoms with Gasteiger partial charge in [0.25, 0.3) is 0 Å². The van der Waals surface area contributed by atoms with E-state index in [1.807, 2.05) is 13.2 Å². The Morgan fingerprint density at radius 1 is 0.966 bits per heavy atom. The number of nitrogens with two attached hydrogens (primary N) is 1. The lowest BCUT2D eigenvalue weighted by atomic mass is 9.97. The van der Waals surface area contributed by atoms with Crippen LogP contribution >= 0.6 is 11.8 Å². The summed E-state index contributed by atoms with van der Waals surface area (Å²) in [5.41, 5.74) is 5.85. The van der Waals surface area contributed by atoms with E-state index in [0.29, 0.717) is 18.6 Å². The Labute approximate surface area is 175 Å². The van der Waals surface area contributed by atoms with Gasteiger partial charge in [-0.05, 0) is 38.2 Å². The highest BCUT2D eigenvalue weighted by Crippen LogP contribution is 2.09. The highest BCUT2D eigenvalue weighted by atomic mass is 32.2. The molecule has 3 amide bonds. The van der Waals surface area contributed by atoms with Crippen molar-refractivity contribution in [3.05, 3.63) is 0 Å². The number of hydrogen-bond acceptors (Lipinski definition) is 7. The van der Waals surface area contributed by atoms with E-state index in [1.54, 1.807) is 18.7 Å². The summed E-state index contributed by atoms with van der Waals surface area (Å²) >= 11 is 1.56. The number of aliphatic hydroxyl groups is 1. The van der Waals surface area contributed by atoms with E-state index in [2.05, 4.69) is 16.0 Å². The summed E-state index contributed by atoms with van der Waals surface area (Å²) in [7, 11) is 0. The van der Waals surface area contributed by atoms with Crippen molar-refractivity contribution in [1.29, 1.82) is 0 Å². The normalized spacial score (nSPS) is 17.2. The van der Waals surface area contributed by atoms with Crippen LogP contribution in [0.2, 0.25) is 0 Å². The lowest BCUT2D eigenvalue weighted by Crippen LogP contribution is -2.58. The van der Waals surface area contributed by atoms with Gasteiger partial charge in [0.1, 0.15) is 12.1 Å². The number of thioether (sulfide) groups is 1. The molecular weight excluding hydrogens is 400 g/mol. The van der Waals surface area contributed by atoms with Gasteiger partial charge in [-0.25, -0.2) is 4.79 Å². The molecular formula is C18H34N4O6S. The molecule has 0 rings (SSSR count). The molecule has 29 heavy (non-hydrogen) atoms. The zero-order valence-corrected chi connectivity index (χ0v) is 18.4. The van der Waals surface area contributed by atoms with Gasteiger partial charge in [-0.1, -0.05) is 20.3 Å². The van der Waals surface area contributed by atoms with Crippen molar-refractivity contribution in [2.75, 3.05) is 12.0 Å².